The quantitative estimate of drug-likeness (QED) is 0.501. The lowest BCUT2D eigenvalue weighted by molar-refractivity contribution is -0.385. The van der Waals surface area contributed by atoms with Gasteiger partial charge in [0.2, 0.25) is 5.91 Å². The van der Waals surface area contributed by atoms with Crippen molar-refractivity contribution in [3.05, 3.63) is 79.4 Å². The van der Waals surface area contributed by atoms with Gasteiger partial charge in [-0.15, -0.1) is 0 Å². The second-order valence-corrected chi connectivity index (χ2v) is 5.00. The highest BCUT2D eigenvalue weighted by Gasteiger charge is 2.13. The number of nitrogens with zero attached hydrogens (tertiary/aromatic N) is 2. The van der Waals surface area contributed by atoms with Crippen LogP contribution in [0.15, 0.2) is 48.5 Å². The maximum atomic E-state index is 11.8. The van der Waals surface area contributed by atoms with Crippen molar-refractivity contribution in [2.45, 2.75) is 0 Å². The lowest BCUT2D eigenvalue weighted by atomic mass is 10.2. The molecular weight excluding hydrogens is 338 g/mol. The summed E-state index contributed by atoms with van der Waals surface area (Å²) in [5.74, 6) is -0.509. The molecule has 0 heterocycles. The van der Waals surface area contributed by atoms with Crippen molar-refractivity contribution < 1.29 is 14.6 Å². The normalized spacial score (nSPS) is 10.5. The first-order valence-electron chi connectivity index (χ1n) is 6.54. The molecule has 1 N–H and O–H groups in total. The van der Waals surface area contributed by atoms with Crippen molar-refractivity contribution in [3.63, 3.8) is 0 Å². The van der Waals surface area contributed by atoms with Gasteiger partial charge in [0.15, 0.2) is 0 Å². The fraction of sp³-hybridized carbons (Fsp3) is 0. The maximum absolute atomic E-state index is 11.8. The number of nitro benzene ring substituents is 2. The summed E-state index contributed by atoms with van der Waals surface area (Å²) in [4.78, 5) is 32.0. The molecule has 0 aliphatic carbocycles. The Kier molecular flexibility index (Phi) is 5.23. The zero-order chi connectivity index (χ0) is 17.7. The van der Waals surface area contributed by atoms with Crippen LogP contribution in [0.3, 0.4) is 0 Å². The Hall–Kier alpha value is -3.26. The number of benzene rings is 2. The summed E-state index contributed by atoms with van der Waals surface area (Å²) in [6, 6.07) is 9.53. The topological polar surface area (TPSA) is 115 Å². The van der Waals surface area contributed by atoms with Crippen LogP contribution in [0.1, 0.15) is 5.56 Å². The van der Waals surface area contributed by atoms with Crippen molar-refractivity contribution >= 4 is 40.6 Å². The van der Waals surface area contributed by atoms with E-state index in [1.54, 1.807) is 0 Å². The van der Waals surface area contributed by atoms with Gasteiger partial charge in [0.25, 0.3) is 11.4 Å². The van der Waals surface area contributed by atoms with E-state index >= 15 is 0 Å². The number of hydrogen-bond acceptors (Lipinski definition) is 5. The third-order valence-corrected chi connectivity index (χ3v) is 3.26. The maximum Gasteiger partial charge on any atom is 0.289 e. The number of rotatable bonds is 5. The minimum absolute atomic E-state index is 0.0283. The Bertz CT molecular complexity index is 834. The van der Waals surface area contributed by atoms with E-state index in [4.69, 9.17) is 11.6 Å². The molecule has 0 saturated carbocycles. The Morgan fingerprint density at radius 3 is 2.29 bits per heavy atom. The summed E-state index contributed by atoms with van der Waals surface area (Å²) in [5, 5.41) is 23.8. The van der Waals surface area contributed by atoms with Crippen molar-refractivity contribution in [1.29, 1.82) is 0 Å². The van der Waals surface area contributed by atoms with Crippen LogP contribution in [0, 0.1) is 20.2 Å². The first-order valence-corrected chi connectivity index (χ1v) is 6.92. The van der Waals surface area contributed by atoms with Crippen LogP contribution >= 0.6 is 11.6 Å². The minimum Gasteiger partial charge on any atom is -0.322 e. The van der Waals surface area contributed by atoms with Gasteiger partial charge in [-0.05, 0) is 35.9 Å². The van der Waals surface area contributed by atoms with Gasteiger partial charge in [0, 0.05) is 30.0 Å². The van der Waals surface area contributed by atoms with Crippen LogP contribution in [-0.2, 0) is 4.79 Å². The first-order chi connectivity index (χ1) is 11.4. The largest absolute Gasteiger partial charge is 0.322 e. The molecule has 0 bridgehead atoms. The average Bonchev–Trinajstić information content (AvgIpc) is 2.55. The van der Waals surface area contributed by atoms with Crippen LogP contribution in [-0.4, -0.2) is 15.8 Å². The monoisotopic (exact) mass is 347 g/mol. The fourth-order valence-electron chi connectivity index (χ4n) is 1.79. The second-order valence-electron chi connectivity index (χ2n) is 4.59. The molecule has 2 rings (SSSR count). The molecule has 8 nitrogen and oxygen atoms in total. The average molecular weight is 348 g/mol. The molecule has 0 spiro atoms. The zero-order valence-corrected chi connectivity index (χ0v) is 12.8. The van der Waals surface area contributed by atoms with Crippen LogP contribution in [0.5, 0.6) is 0 Å². The Morgan fingerprint density at radius 1 is 1.04 bits per heavy atom. The number of hydrogen-bond donors (Lipinski definition) is 1. The number of nitrogens with one attached hydrogen (secondary N) is 1. The van der Waals surface area contributed by atoms with Gasteiger partial charge in [0.1, 0.15) is 5.02 Å². The molecule has 2 aromatic rings. The van der Waals surface area contributed by atoms with Crippen LogP contribution in [0.25, 0.3) is 6.08 Å². The predicted molar refractivity (Wildman–Crippen MR) is 88.9 cm³/mol. The van der Waals surface area contributed by atoms with E-state index in [1.807, 2.05) is 0 Å². The molecule has 2 aromatic carbocycles. The summed E-state index contributed by atoms with van der Waals surface area (Å²) >= 11 is 5.69. The lowest BCUT2D eigenvalue weighted by Gasteiger charge is -2.03. The SMILES string of the molecule is O=C(C=Cc1ccc([N+](=O)[O-])cc1)Nc1ccc(Cl)c([N+](=O)[O-])c1. The van der Waals surface area contributed by atoms with Crippen molar-refractivity contribution in [2.24, 2.45) is 0 Å². The molecule has 0 fully saturated rings. The first kappa shape index (κ1) is 17.1. The highest BCUT2D eigenvalue weighted by atomic mass is 35.5. The van der Waals surface area contributed by atoms with E-state index in [0.29, 0.717) is 5.56 Å². The molecule has 24 heavy (non-hydrogen) atoms. The van der Waals surface area contributed by atoms with Crippen molar-refractivity contribution in [3.8, 4) is 0 Å². The third kappa shape index (κ3) is 4.37. The van der Waals surface area contributed by atoms with E-state index in [9.17, 15) is 25.0 Å². The highest BCUT2D eigenvalue weighted by molar-refractivity contribution is 6.32. The van der Waals surface area contributed by atoms with E-state index in [0.717, 1.165) is 6.07 Å². The molecule has 0 aliphatic heterocycles. The van der Waals surface area contributed by atoms with Gasteiger partial charge in [-0.25, -0.2) is 0 Å². The number of amides is 1. The Morgan fingerprint density at radius 2 is 1.71 bits per heavy atom. The molecular formula is C15H10ClN3O5. The van der Waals surface area contributed by atoms with Gasteiger partial charge in [-0.1, -0.05) is 11.6 Å². The number of non-ortho nitro benzene ring substituents is 1. The predicted octanol–water partition coefficient (Wildman–Crippen LogP) is 3.81. The Balaban J connectivity index is 2.06. The van der Waals surface area contributed by atoms with Gasteiger partial charge in [0.05, 0.1) is 9.85 Å². The fourth-order valence-corrected chi connectivity index (χ4v) is 1.98. The molecule has 0 radical (unpaired) electrons. The van der Waals surface area contributed by atoms with Crippen LogP contribution < -0.4 is 5.32 Å². The van der Waals surface area contributed by atoms with Crippen LogP contribution in [0.4, 0.5) is 17.1 Å². The van der Waals surface area contributed by atoms with Gasteiger partial charge < -0.3 is 5.32 Å². The third-order valence-electron chi connectivity index (χ3n) is 2.94. The standard InChI is InChI=1S/C15H10ClN3O5/c16-13-7-4-11(9-14(13)19(23)24)17-15(20)8-3-10-1-5-12(6-2-10)18(21)22/h1-9H,(H,17,20). The zero-order valence-electron chi connectivity index (χ0n) is 12.0. The second kappa shape index (κ2) is 7.34. The number of carbonyl (C=O) groups excluding carboxylic acids is 1. The molecule has 122 valence electrons. The van der Waals surface area contributed by atoms with Crippen LogP contribution in [0.2, 0.25) is 5.02 Å². The van der Waals surface area contributed by atoms with E-state index in [2.05, 4.69) is 5.32 Å². The molecule has 0 unspecified atom stereocenters. The van der Waals surface area contributed by atoms with Crippen molar-refractivity contribution in [2.75, 3.05) is 5.32 Å². The number of carbonyl (C=O) groups is 1. The summed E-state index contributed by atoms with van der Waals surface area (Å²) < 4.78 is 0. The molecule has 0 aliphatic rings. The smallest absolute Gasteiger partial charge is 0.289 e. The van der Waals surface area contributed by atoms with E-state index in [1.165, 1.54) is 48.6 Å². The molecule has 0 saturated heterocycles. The lowest BCUT2D eigenvalue weighted by Crippen LogP contribution is -2.08. The number of nitro groups is 2. The summed E-state index contributed by atoms with van der Waals surface area (Å²) in [6.07, 6.45) is 2.67. The number of anilines is 1. The molecule has 0 atom stereocenters. The summed E-state index contributed by atoms with van der Waals surface area (Å²) in [5.41, 5.74) is 0.459. The molecule has 0 aromatic heterocycles. The van der Waals surface area contributed by atoms with E-state index in [-0.39, 0.29) is 22.1 Å². The minimum atomic E-state index is -0.648. The van der Waals surface area contributed by atoms with Gasteiger partial charge >= 0.3 is 0 Å². The van der Waals surface area contributed by atoms with E-state index < -0.39 is 15.8 Å². The van der Waals surface area contributed by atoms with Gasteiger partial charge in [-0.3, -0.25) is 25.0 Å². The summed E-state index contributed by atoms with van der Waals surface area (Å²) in [6.45, 7) is 0. The molecule has 9 heteroatoms. The Labute approximate surface area is 140 Å². The van der Waals surface area contributed by atoms with Gasteiger partial charge in [-0.2, -0.15) is 0 Å². The number of halogens is 1. The highest BCUT2D eigenvalue weighted by Crippen LogP contribution is 2.27. The van der Waals surface area contributed by atoms with Crippen molar-refractivity contribution in [1.82, 2.24) is 0 Å². The molecule has 1 amide bonds. The summed E-state index contributed by atoms with van der Waals surface area (Å²) in [7, 11) is 0.